The van der Waals surface area contributed by atoms with Crippen LogP contribution in [0.2, 0.25) is 0 Å². The van der Waals surface area contributed by atoms with E-state index in [-0.39, 0.29) is 155 Å². The molecular weight excluding hydrogens is 1110 g/mol. The zero-order valence-corrected chi connectivity index (χ0v) is 54.6. The van der Waals surface area contributed by atoms with Gasteiger partial charge in [0.25, 0.3) is 0 Å². The van der Waals surface area contributed by atoms with Gasteiger partial charge in [0.2, 0.25) is 0 Å². The van der Waals surface area contributed by atoms with Gasteiger partial charge in [0.1, 0.15) is 34.8 Å². The smallest absolute Gasteiger partial charge is 0.507 e. The second-order valence-electron chi connectivity index (χ2n) is 25.7. The molecule has 81 heavy (non-hydrogen) atoms. The normalized spacial score (nSPS) is 31.0. The van der Waals surface area contributed by atoms with E-state index in [1.54, 1.807) is 39.8 Å². The van der Waals surface area contributed by atoms with Gasteiger partial charge in [-0.1, -0.05) is 38.1 Å². The molecule has 0 aromatic heterocycles. The Kier molecular flexibility index (Phi) is 26.5. The number of phenols is 2. The number of carboxylic acids is 2. The first kappa shape index (κ1) is 67.6. The van der Waals surface area contributed by atoms with Crippen LogP contribution in [0.4, 0.5) is 0 Å². The number of hydrogen-bond donors (Lipinski definition) is 6. The molecular formula is C64H96O16Rb+. The van der Waals surface area contributed by atoms with Crippen LogP contribution in [0.5, 0.6) is 11.5 Å². The van der Waals surface area contributed by atoms with E-state index in [0.717, 1.165) is 64.2 Å². The molecule has 6 N–H and O–H groups in total. The number of fused-ring (bicyclic) bond motifs is 6. The Morgan fingerprint density at radius 2 is 0.840 bits per heavy atom. The number of cyclic esters (lactones) is 2. The Labute approximate surface area is 530 Å². The first-order valence-electron chi connectivity index (χ1n) is 30.6. The van der Waals surface area contributed by atoms with Gasteiger partial charge in [-0.2, -0.15) is 0 Å². The number of carbonyl (C=O) groups is 4. The van der Waals surface area contributed by atoms with Crippen LogP contribution in [0.3, 0.4) is 0 Å². The van der Waals surface area contributed by atoms with Crippen LogP contribution in [-0.4, -0.2) is 128 Å². The minimum Gasteiger partial charge on any atom is -0.507 e. The third-order valence-electron chi connectivity index (χ3n) is 18.6. The van der Waals surface area contributed by atoms with Crippen LogP contribution < -0.4 is 58.2 Å². The number of carboxylic acid groups (broad SMARTS) is 2. The molecule has 0 unspecified atom stereocenters. The van der Waals surface area contributed by atoms with Gasteiger partial charge in [-0.15, -0.1) is 0 Å². The molecule has 2 aromatic rings. The number of aliphatic hydroxyl groups is 2. The van der Waals surface area contributed by atoms with Gasteiger partial charge in [0.15, 0.2) is 0 Å². The van der Waals surface area contributed by atoms with Gasteiger partial charge in [-0.05, 0) is 217 Å². The Hall–Kier alpha value is -2.51. The number of esters is 2. The van der Waals surface area contributed by atoms with E-state index in [9.17, 15) is 49.8 Å². The van der Waals surface area contributed by atoms with Crippen molar-refractivity contribution in [3.05, 3.63) is 58.7 Å². The van der Waals surface area contributed by atoms with Gasteiger partial charge in [-0.3, -0.25) is 9.59 Å². The molecule has 14 atom stereocenters. The molecule has 5 heterocycles. The van der Waals surface area contributed by atoms with E-state index in [0.29, 0.717) is 88.2 Å². The van der Waals surface area contributed by atoms with Crippen molar-refractivity contribution in [1.29, 1.82) is 0 Å². The van der Waals surface area contributed by atoms with Crippen LogP contribution in [0.15, 0.2) is 36.4 Å². The van der Waals surface area contributed by atoms with Gasteiger partial charge in [0.05, 0.1) is 71.9 Å². The van der Waals surface area contributed by atoms with E-state index >= 15 is 0 Å². The van der Waals surface area contributed by atoms with E-state index in [1.807, 2.05) is 26.0 Å². The molecule has 0 saturated carbocycles. The maximum absolute atomic E-state index is 14.4. The fraction of sp³-hybridized carbons (Fsp3) is 0.750. The number of phenolic OH excluding ortho intramolecular Hbond substituents is 2. The number of hydrogen-bond acceptors (Lipinski definition) is 14. The summed E-state index contributed by atoms with van der Waals surface area (Å²) in [6.45, 7) is 10.7. The summed E-state index contributed by atoms with van der Waals surface area (Å²) in [6, 6.07) is 10.2. The molecule has 5 aliphatic rings. The fourth-order valence-electron chi connectivity index (χ4n) is 13.2. The summed E-state index contributed by atoms with van der Waals surface area (Å²) in [5.74, 6) is -3.90. The average molecular weight is 1210 g/mol. The number of aliphatic carboxylic acids is 2. The van der Waals surface area contributed by atoms with Crippen molar-refractivity contribution < 1.29 is 136 Å². The summed E-state index contributed by atoms with van der Waals surface area (Å²) >= 11 is 0. The van der Waals surface area contributed by atoms with Crippen molar-refractivity contribution in [3.8, 4) is 11.5 Å². The van der Waals surface area contributed by atoms with E-state index < -0.39 is 71.3 Å². The Bertz CT molecular complexity index is 2180. The van der Waals surface area contributed by atoms with E-state index in [4.69, 9.17) is 28.4 Å². The molecule has 0 aliphatic carbocycles. The molecule has 7 rings (SSSR count). The summed E-state index contributed by atoms with van der Waals surface area (Å²) in [4.78, 5) is 53.1. The molecule has 4 fully saturated rings. The second kappa shape index (κ2) is 31.8. The Morgan fingerprint density at radius 3 is 1.21 bits per heavy atom. The fourth-order valence-corrected chi connectivity index (χ4v) is 13.2. The van der Waals surface area contributed by atoms with Crippen molar-refractivity contribution in [2.75, 3.05) is 0 Å². The van der Waals surface area contributed by atoms with Crippen LogP contribution in [0.1, 0.15) is 227 Å². The predicted octanol–water partition coefficient (Wildman–Crippen LogP) is 8.60. The number of carbonyl (C=O) groups excluding carboxylic acids is 2. The maximum Gasteiger partial charge on any atom is 1.00 e. The molecule has 4 bridgehead atoms. The first-order valence-corrected chi connectivity index (χ1v) is 30.6. The van der Waals surface area contributed by atoms with Crippen LogP contribution >= 0.6 is 0 Å². The van der Waals surface area contributed by atoms with Gasteiger partial charge < -0.3 is 59.1 Å². The number of benzene rings is 2. The van der Waals surface area contributed by atoms with Gasteiger partial charge >= 0.3 is 82.1 Å². The Morgan fingerprint density at radius 1 is 0.494 bits per heavy atom. The summed E-state index contributed by atoms with van der Waals surface area (Å²) in [5, 5.41) is 65.8. The third-order valence-corrected chi connectivity index (χ3v) is 18.6. The largest absolute Gasteiger partial charge is 1.00 e. The SMILES string of the molecule is C[C@H]1CC[C@H]2CCC[C@@H](CCCc3cccc(O)c3C(=O)O[C@H](C[C@@H](O)C[C@@H]3CCC[C@H](C(C)(C)C(=O)O)O3)[C@@H](C)CC[C@@H]3CCC[C@H](CCCc4cccc(O)c4C(=O)O[C@@H]1C[C@@H](O)C[C@@H]1CCC[C@H](C(C)(C)C(=O)O)O1)O3)O2.[Rb+]. The zero-order chi connectivity index (χ0) is 57.7. The number of ether oxygens (including phenoxy) is 6. The van der Waals surface area contributed by atoms with E-state index in [2.05, 4.69) is 0 Å². The number of aliphatic hydroxyl groups excluding tert-OH is 2. The summed E-state index contributed by atoms with van der Waals surface area (Å²) in [5.41, 5.74) is -0.609. The topological polar surface area (TPSA) is 245 Å². The minimum absolute atomic E-state index is 0. The quantitative estimate of drug-likeness (QED) is 0.109. The predicted molar refractivity (Wildman–Crippen MR) is 301 cm³/mol. The monoisotopic (exact) mass is 1210 g/mol. The molecule has 4 saturated heterocycles. The van der Waals surface area contributed by atoms with Crippen molar-refractivity contribution in [2.24, 2.45) is 22.7 Å². The van der Waals surface area contributed by atoms with Crippen molar-refractivity contribution in [1.82, 2.24) is 0 Å². The minimum atomic E-state index is -1.09. The molecule has 448 valence electrons. The van der Waals surface area contributed by atoms with Crippen LogP contribution in [0, 0.1) is 22.7 Å². The van der Waals surface area contributed by atoms with Crippen LogP contribution in [0.25, 0.3) is 0 Å². The standard InChI is InChI=1S/C64H96O16.Rb/c1-39-31-33-47-23-11-21-45(75-47)19-8-16-42-18-10-28-52(68)58(42)60(70)80-54(38-44(66)36-50-26-14-30-56(78-50)64(5,6)62(73)74)40(2)32-34-48-24-12-22-46(76-48)20-7-15-41-17-9-27-51(67)57(41)59(69)79-53(39)37-43(65)35-49-25-13-29-55(77-49)63(3,4)61(71)72;/h9-10,17-18,27-28,39-40,43-50,53-56,65-68H,7-8,11-16,19-26,29-38H2,1-6H3,(H,71,72)(H,73,74);/q;+1/t39-,40-,43-,44-,45-,46+,47-,48+,49-,50-,53+,54+,55+,56+;/m0./s1. The average Bonchev–Trinajstić information content (AvgIpc) is 3.42. The van der Waals surface area contributed by atoms with E-state index in [1.165, 1.54) is 12.1 Å². The maximum atomic E-state index is 14.4. The molecule has 17 heteroatoms. The number of aryl methyl sites for hydroxylation is 2. The first-order chi connectivity index (χ1) is 38.1. The summed E-state index contributed by atoms with van der Waals surface area (Å²) in [7, 11) is 0. The number of aromatic hydroxyl groups is 2. The van der Waals surface area contributed by atoms with Crippen molar-refractivity contribution in [2.45, 2.75) is 282 Å². The number of rotatable bonds is 12. The van der Waals surface area contributed by atoms with Gasteiger partial charge in [0, 0.05) is 12.8 Å². The Balaban J connectivity index is 0.0000106. The molecule has 2 aromatic carbocycles. The third kappa shape index (κ3) is 19.2. The zero-order valence-electron chi connectivity index (χ0n) is 49.7. The molecule has 0 spiro atoms. The summed E-state index contributed by atoms with van der Waals surface area (Å²) in [6.07, 6.45) is 11.7. The van der Waals surface area contributed by atoms with Crippen molar-refractivity contribution >= 4 is 23.9 Å². The summed E-state index contributed by atoms with van der Waals surface area (Å²) < 4.78 is 38.9. The van der Waals surface area contributed by atoms with Gasteiger partial charge in [-0.25, -0.2) is 9.59 Å². The van der Waals surface area contributed by atoms with Crippen molar-refractivity contribution in [3.63, 3.8) is 0 Å². The molecule has 16 nitrogen and oxygen atoms in total. The molecule has 0 radical (unpaired) electrons. The molecule has 0 amide bonds. The second-order valence-corrected chi connectivity index (χ2v) is 25.7. The molecule has 5 aliphatic heterocycles. The van der Waals surface area contributed by atoms with Crippen LogP contribution in [-0.2, 0) is 50.9 Å².